The van der Waals surface area contributed by atoms with Gasteiger partial charge < -0.3 is 9.84 Å². The summed E-state index contributed by atoms with van der Waals surface area (Å²) in [7, 11) is 0. The molecule has 5 nitrogen and oxygen atoms in total. The highest BCUT2D eigenvalue weighted by molar-refractivity contribution is 6.31. The number of ether oxygens (including phenoxy) is 1. The second kappa shape index (κ2) is 5.16. The molecule has 1 aliphatic rings. The van der Waals surface area contributed by atoms with Gasteiger partial charge >= 0.3 is 0 Å². The van der Waals surface area contributed by atoms with Crippen molar-refractivity contribution in [2.24, 2.45) is 0 Å². The monoisotopic (exact) mass is 294 g/mol. The van der Waals surface area contributed by atoms with Gasteiger partial charge in [0.05, 0.1) is 30.4 Å². The molecular formula is C14H15ClN2O3. The maximum Gasteiger partial charge on any atom is 0.261 e. The summed E-state index contributed by atoms with van der Waals surface area (Å²) in [6.07, 6.45) is 2.87. The van der Waals surface area contributed by atoms with Crippen LogP contribution in [0.1, 0.15) is 12.8 Å². The Morgan fingerprint density at radius 3 is 3.10 bits per heavy atom. The molecule has 0 aliphatic carbocycles. The minimum absolute atomic E-state index is 0.175. The van der Waals surface area contributed by atoms with Crippen LogP contribution in [-0.4, -0.2) is 33.5 Å². The topological polar surface area (TPSA) is 64.4 Å². The van der Waals surface area contributed by atoms with E-state index in [1.807, 2.05) is 0 Å². The van der Waals surface area contributed by atoms with Crippen molar-refractivity contribution in [3.8, 4) is 0 Å². The molecule has 1 aromatic carbocycles. The van der Waals surface area contributed by atoms with Gasteiger partial charge in [-0.05, 0) is 31.0 Å². The number of aromatic nitrogens is 2. The van der Waals surface area contributed by atoms with Crippen molar-refractivity contribution in [3.05, 3.63) is 39.9 Å². The molecule has 1 N–H and O–H groups in total. The molecule has 1 fully saturated rings. The lowest BCUT2D eigenvalue weighted by molar-refractivity contribution is -0.0947. The van der Waals surface area contributed by atoms with Gasteiger partial charge in [0.25, 0.3) is 5.56 Å². The van der Waals surface area contributed by atoms with E-state index in [-0.39, 0.29) is 18.7 Å². The molecule has 106 valence electrons. The van der Waals surface area contributed by atoms with Crippen molar-refractivity contribution in [2.45, 2.75) is 25.0 Å². The van der Waals surface area contributed by atoms with Gasteiger partial charge in [-0.15, -0.1) is 0 Å². The molecular weight excluding hydrogens is 280 g/mol. The van der Waals surface area contributed by atoms with E-state index < -0.39 is 5.60 Å². The Morgan fingerprint density at radius 1 is 1.50 bits per heavy atom. The quantitative estimate of drug-likeness (QED) is 0.913. The minimum Gasteiger partial charge on any atom is -0.386 e. The van der Waals surface area contributed by atoms with Gasteiger partial charge in [-0.2, -0.15) is 0 Å². The summed E-state index contributed by atoms with van der Waals surface area (Å²) in [4.78, 5) is 16.6. The molecule has 2 heterocycles. The first-order valence-corrected chi connectivity index (χ1v) is 6.90. The van der Waals surface area contributed by atoms with Crippen LogP contribution in [0.4, 0.5) is 0 Å². The maximum atomic E-state index is 12.4. The molecule has 1 saturated heterocycles. The van der Waals surface area contributed by atoms with Crippen LogP contribution in [0.25, 0.3) is 10.9 Å². The molecule has 1 atom stereocenters. The minimum atomic E-state index is -0.996. The summed E-state index contributed by atoms with van der Waals surface area (Å²) in [6, 6.07) is 4.97. The van der Waals surface area contributed by atoms with Crippen LogP contribution >= 0.6 is 11.6 Å². The molecule has 0 spiro atoms. The first-order valence-electron chi connectivity index (χ1n) is 6.52. The van der Waals surface area contributed by atoms with E-state index in [9.17, 15) is 9.90 Å². The Balaban J connectivity index is 1.98. The fourth-order valence-electron chi connectivity index (χ4n) is 2.52. The third-order valence-electron chi connectivity index (χ3n) is 3.55. The van der Waals surface area contributed by atoms with Crippen LogP contribution in [0.15, 0.2) is 29.3 Å². The summed E-state index contributed by atoms with van der Waals surface area (Å²) in [6.45, 7) is 1.10. The number of benzene rings is 1. The van der Waals surface area contributed by atoms with E-state index in [1.165, 1.54) is 10.9 Å². The lowest BCUT2D eigenvalue weighted by Crippen LogP contribution is -2.44. The normalized spacial score (nSPS) is 23.1. The summed E-state index contributed by atoms with van der Waals surface area (Å²) in [5, 5.41) is 11.5. The second-order valence-electron chi connectivity index (χ2n) is 5.22. The first kappa shape index (κ1) is 13.5. The molecule has 20 heavy (non-hydrogen) atoms. The molecule has 1 aliphatic heterocycles. The van der Waals surface area contributed by atoms with Crippen LogP contribution < -0.4 is 5.56 Å². The summed E-state index contributed by atoms with van der Waals surface area (Å²) in [5.74, 6) is 0. The fourth-order valence-corrected chi connectivity index (χ4v) is 2.69. The van der Waals surface area contributed by atoms with E-state index in [2.05, 4.69) is 4.98 Å². The molecule has 1 aromatic heterocycles. The number of rotatable bonds is 2. The van der Waals surface area contributed by atoms with Gasteiger partial charge in [-0.1, -0.05) is 11.6 Å². The lowest BCUT2D eigenvalue weighted by atomic mass is 9.96. The zero-order chi connectivity index (χ0) is 14.2. The van der Waals surface area contributed by atoms with Gasteiger partial charge in [-0.3, -0.25) is 9.36 Å². The molecule has 0 amide bonds. The Labute approximate surface area is 120 Å². The molecule has 3 rings (SSSR count). The maximum absolute atomic E-state index is 12.4. The number of aliphatic hydroxyl groups is 1. The van der Waals surface area contributed by atoms with Gasteiger partial charge in [0.15, 0.2) is 0 Å². The average molecular weight is 295 g/mol. The predicted molar refractivity (Wildman–Crippen MR) is 76.0 cm³/mol. The summed E-state index contributed by atoms with van der Waals surface area (Å²) < 4.78 is 6.73. The van der Waals surface area contributed by atoms with Crippen molar-refractivity contribution in [3.63, 3.8) is 0 Å². The Hall–Kier alpha value is -1.43. The van der Waals surface area contributed by atoms with Gasteiger partial charge in [0, 0.05) is 11.6 Å². The predicted octanol–water partition coefficient (Wildman–Crippen LogP) is 1.59. The highest BCUT2D eigenvalue weighted by atomic mass is 35.5. The molecule has 0 bridgehead atoms. The third-order valence-corrected chi connectivity index (χ3v) is 3.79. The van der Waals surface area contributed by atoms with Gasteiger partial charge in [0.1, 0.15) is 5.60 Å². The fraction of sp³-hybridized carbons (Fsp3) is 0.429. The molecule has 0 radical (unpaired) electrons. The largest absolute Gasteiger partial charge is 0.386 e. The van der Waals surface area contributed by atoms with Crippen molar-refractivity contribution in [1.82, 2.24) is 9.55 Å². The molecule has 1 unspecified atom stereocenters. The van der Waals surface area contributed by atoms with Crippen molar-refractivity contribution < 1.29 is 9.84 Å². The number of halogens is 1. The summed E-state index contributed by atoms with van der Waals surface area (Å²) >= 11 is 5.88. The van der Waals surface area contributed by atoms with Crippen LogP contribution in [0, 0.1) is 0 Å². The van der Waals surface area contributed by atoms with Crippen molar-refractivity contribution in [2.75, 3.05) is 13.2 Å². The van der Waals surface area contributed by atoms with Crippen LogP contribution in [-0.2, 0) is 11.3 Å². The smallest absolute Gasteiger partial charge is 0.261 e. The van der Waals surface area contributed by atoms with E-state index in [1.54, 1.807) is 18.2 Å². The summed E-state index contributed by atoms with van der Waals surface area (Å²) in [5.41, 5.74) is -0.611. The van der Waals surface area contributed by atoms with E-state index in [0.29, 0.717) is 29.0 Å². The second-order valence-corrected chi connectivity index (χ2v) is 5.66. The van der Waals surface area contributed by atoms with Gasteiger partial charge in [0.2, 0.25) is 0 Å². The van der Waals surface area contributed by atoms with Crippen molar-refractivity contribution >= 4 is 22.5 Å². The zero-order valence-electron chi connectivity index (χ0n) is 10.9. The number of fused-ring (bicyclic) bond motifs is 1. The van der Waals surface area contributed by atoms with Crippen LogP contribution in [0.2, 0.25) is 5.02 Å². The highest BCUT2D eigenvalue weighted by Crippen LogP contribution is 2.21. The Kier molecular flexibility index (Phi) is 3.50. The Morgan fingerprint density at radius 2 is 2.35 bits per heavy atom. The lowest BCUT2D eigenvalue weighted by Gasteiger charge is -2.32. The van der Waals surface area contributed by atoms with Crippen molar-refractivity contribution in [1.29, 1.82) is 0 Å². The Bertz CT molecular complexity index is 692. The molecule has 0 saturated carbocycles. The van der Waals surface area contributed by atoms with Crippen LogP contribution in [0.3, 0.4) is 0 Å². The third kappa shape index (κ3) is 2.57. The van der Waals surface area contributed by atoms with E-state index >= 15 is 0 Å². The molecule has 2 aromatic rings. The number of hydrogen-bond donors (Lipinski definition) is 1. The van der Waals surface area contributed by atoms with E-state index in [4.69, 9.17) is 16.3 Å². The SMILES string of the molecule is O=c1c2ccc(Cl)cc2ncn1CC1(O)CCCOC1. The standard InChI is InChI=1S/C14H15ClN2O3/c15-10-2-3-11-12(6-10)16-9-17(13(11)18)7-14(19)4-1-5-20-8-14/h2-3,6,9,19H,1,4-5,7-8H2. The van der Waals surface area contributed by atoms with Gasteiger partial charge in [-0.25, -0.2) is 4.98 Å². The van der Waals surface area contributed by atoms with Crippen LogP contribution in [0.5, 0.6) is 0 Å². The highest BCUT2D eigenvalue weighted by Gasteiger charge is 2.31. The number of nitrogens with zero attached hydrogens (tertiary/aromatic N) is 2. The first-order chi connectivity index (χ1) is 9.57. The zero-order valence-corrected chi connectivity index (χ0v) is 11.6. The van der Waals surface area contributed by atoms with E-state index in [0.717, 1.165) is 6.42 Å². The average Bonchev–Trinajstić information content (AvgIpc) is 2.43. The molecule has 6 heteroatoms. The number of hydrogen-bond acceptors (Lipinski definition) is 4.